The van der Waals surface area contributed by atoms with Crippen LogP contribution >= 0.6 is 0 Å². The Kier molecular flexibility index (Phi) is 7.34. The lowest BCUT2D eigenvalue weighted by molar-refractivity contribution is -0.242. The zero-order valence-electron chi connectivity index (χ0n) is 13.0. The van der Waals surface area contributed by atoms with E-state index in [1.165, 1.54) is 13.2 Å². The average Bonchev–Trinajstić information content (AvgIpc) is 2.64. The van der Waals surface area contributed by atoms with Crippen LogP contribution in [0, 0.1) is 0 Å². The molecule has 0 saturated carbocycles. The molecule has 0 heterocycles. The summed E-state index contributed by atoms with van der Waals surface area (Å²) >= 11 is 0. The van der Waals surface area contributed by atoms with E-state index in [0.29, 0.717) is 5.75 Å². The third kappa shape index (κ3) is 5.12. The third-order valence-electron chi connectivity index (χ3n) is 2.90. The first-order valence-electron chi connectivity index (χ1n) is 6.97. The van der Waals surface area contributed by atoms with Gasteiger partial charge >= 0.3 is 7.32 Å². The van der Waals surface area contributed by atoms with Crippen LogP contribution in [-0.2, 0) is 21.0 Å². The lowest BCUT2D eigenvalue weighted by Gasteiger charge is -2.17. The molecular weight excluding hydrogens is 319 g/mol. The number of hydrogen-bond acceptors (Lipinski definition) is 8. The maximum absolute atomic E-state index is 8.59. The van der Waals surface area contributed by atoms with E-state index in [4.69, 9.17) is 29.4 Å². The Labute approximate surface area is 139 Å². The minimum absolute atomic E-state index is 0.00157. The van der Waals surface area contributed by atoms with E-state index >= 15 is 0 Å². The standard InChI is InChI=1S/C15H17BO8/c1-19-11-21-13-8-5-9-14(22-16(23-17)24-18)15(13)20-10-12-6-3-2-4-7-12/h2-9,17-18H,10-11H2,1H3. The lowest BCUT2D eigenvalue weighted by atomic mass is 10.2. The summed E-state index contributed by atoms with van der Waals surface area (Å²) in [5.41, 5.74) is 0.929. The Balaban J connectivity index is 2.21. The normalized spacial score (nSPS) is 10.3. The minimum Gasteiger partial charge on any atom is -0.506 e. The van der Waals surface area contributed by atoms with E-state index in [1.807, 2.05) is 30.3 Å². The quantitative estimate of drug-likeness (QED) is 0.296. The Hall–Kier alpha value is -2.30. The summed E-state index contributed by atoms with van der Waals surface area (Å²) in [6.07, 6.45) is 0. The summed E-state index contributed by atoms with van der Waals surface area (Å²) in [6, 6.07) is 14.3. The molecule has 24 heavy (non-hydrogen) atoms. The highest BCUT2D eigenvalue weighted by Gasteiger charge is 2.27. The van der Waals surface area contributed by atoms with Crippen LogP contribution in [-0.4, -0.2) is 31.7 Å². The first kappa shape index (κ1) is 18.0. The van der Waals surface area contributed by atoms with Gasteiger partial charge in [0.25, 0.3) is 0 Å². The van der Waals surface area contributed by atoms with Crippen LogP contribution in [0.15, 0.2) is 48.5 Å². The first-order chi connectivity index (χ1) is 11.8. The van der Waals surface area contributed by atoms with Gasteiger partial charge in [0.2, 0.25) is 5.75 Å². The molecule has 0 aliphatic heterocycles. The average molecular weight is 336 g/mol. The van der Waals surface area contributed by atoms with Crippen LogP contribution in [0.2, 0.25) is 0 Å². The van der Waals surface area contributed by atoms with Gasteiger partial charge in [-0.2, -0.15) is 0 Å². The van der Waals surface area contributed by atoms with Crippen molar-refractivity contribution >= 4 is 7.32 Å². The van der Waals surface area contributed by atoms with E-state index in [2.05, 4.69) is 9.61 Å². The highest BCUT2D eigenvalue weighted by atomic mass is 17.2. The maximum Gasteiger partial charge on any atom is 0.770 e. The summed E-state index contributed by atoms with van der Waals surface area (Å²) in [6.45, 7) is 0.247. The van der Waals surface area contributed by atoms with Gasteiger partial charge in [-0.05, 0) is 17.7 Å². The van der Waals surface area contributed by atoms with Crippen LogP contribution < -0.4 is 14.1 Å². The second-order valence-electron chi connectivity index (χ2n) is 4.53. The monoisotopic (exact) mass is 336 g/mol. The van der Waals surface area contributed by atoms with Crippen molar-refractivity contribution < 1.29 is 39.0 Å². The van der Waals surface area contributed by atoms with Crippen LogP contribution in [0.4, 0.5) is 0 Å². The van der Waals surface area contributed by atoms with Crippen molar-refractivity contribution in [3.8, 4) is 17.2 Å². The van der Waals surface area contributed by atoms with Crippen LogP contribution in [0.1, 0.15) is 5.56 Å². The molecule has 0 fully saturated rings. The van der Waals surface area contributed by atoms with Crippen molar-refractivity contribution in [2.75, 3.05) is 13.9 Å². The largest absolute Gasteiger partial charge is 0.770 e. The Morgan fingerprint density at radius 3 is 2.25 bits per heavy atom. The van der Waals surface area contributed by atoms with Crippen molar-refractivity contribution in [1.82, 2.24) is 0 Å². The first-order valence-corrected chi connectivity index (χ1v) is 6.97. The molecule has 0 aromatic heterocycles. The summed E-state index contributed by atoms with van der Waals surface area (Å²) < 4.78 is 21.2. The summed E-state index contributed by atoms with van der Waals surface area (Å²) in [5.74, 6) is 0.713. The van der Waals surface area contributed by atoms with Gasteiger partial charge in [-0.25, -0.2) is 9.61 Å². The molecule has 0 atom stereocenters. The molecule has 0 amide bonds. The molecular formula is C15H17BO8. The van der Waals surface area contributed by atoms with Gasteiger partial charge in [0, 0.05) is 7.11 Å². The topological polar surface area (TPSA) is 95.8 Å². The number of ether oxygens (including phenoxy) is 3. The zero-order valence-corrected chi connectivity index (χ0v) is 13.0. The second-order valence-corrected chi connectivity index (χ2v) is 4.53. The zero-order chi connectivity index (χ0) is 17.2. The van der Waals surface area contributed by atoms with Gasteiger partial charge < -0.3 is 18.9 Å². The predicted octanol–water partition coefficient (Wildman–Crippen LogP) is 2.59. The molecule has 2 N–H and O–H groups in total. The highest BCUT2D eigenvalue weighted by Crippen LogP contribution is 2.38. The van der Waals surface area contributed by atoms with Crippen LogP contribution in [0.5, 0.6) is 17.2 Å². The van der Waals surface area contributed by atoms with Crippen molar-refractivity contribution in [3.63, 3.8) is 0 Å². The van der Waals surface area contributed by atoms with E-state index < -0.39 is 7.32 Å². The van der Waals surface area contributed by atoms with E-state index in [1.54, 1.807) is 12.1 Å². The molecule has 0 aliphatic carbocycles. The molecule has 0 aliphatic rings. The molecule has 0 unspecified atom stereocenters. The van der Waals surface area contributed by atoms with Crippen molar-refractivity contribution in [2.45, 2.75) is 6.61 Å². The minimum atomic E-state index is -1.73. The summed E-state index contributed by atoms with van der Waals surface area (Å²) in [5, 5.41) is 17.2. The van der Waals surface area contributed by atoms with E-state index in [-0.39, 0.29) is 24.9 Å². The van der Waals surface area contributed by atoms with Gasteiger partial charge in [-0.1, -0.05) is 36.4 Å². The smallest absolute Gasteiger partial charge is 0.506 e. The SMILES string of the molecule is COCOc1cccc(OB(OO)OO)c1OCc1ccccc1. The highest BCUT2D eigenvalue weighted by molar-refractivity contribution is 6.36. The fraction of sp³-hybridized carbons (Fsp3) is 0.200. The predicted molar refractivity (Wildman–Crippen MR) is 83.5 cm³/mol. The molecule has 8 nitrogen and oxygen atoms in total. The molecule has 9 heteroatoms. The number of para-hydroxylation sites is 1. The second kappa shape index (κ2) is 9.76. The number of benzene rings is 2. The van der Waals surface area contributed by atoms with Crippen molar-refractivity contribution in [2.24, 2.45) is 0 Å². The lowest BCUT2D eigenvalue weighted by Crippen LogP contribution is -2.28. The van der Waals surface area contributed by atoms with Crippen molar-refractivity contribution in [1.29, 1.82) is 0 Å². The Bertz CT molecular complexity index is 606. The summed E-state index contributed by atoms with van der Waals surface area (Å²) in [7, 11) is -0.248. The molecule has 0 radical (unpaired) electrons. The third-order valence-corrected chi connectivity index (χ3v) is 2.90. The number of hydrogen-bond donors (Lipinski definition) is 2. The Morgan fingerprint density at radius 2 is 1.58 bits per heavy atom. The molecule has 2 rings (SSSR count). The summed E-state index contributed by atoms with van der Waals surface area (Å²) in [4.78, 5) is 7.65. The van der Waals surface area contributed by atoms with E-state index in [0.717, 1.165) is 5.56 Å². The Morgan fingerprint density at radius 1 is 0.875 bits per heavy atom. The van der Waals surface area contributed by atoms with Gasteiger partial charge in [0.1, 0.15) is 12.4 Å². The molecule has 0 spiro atoms. The van der Waals surface area contributed by atoms with Gasteiger partial charge in [0.15, 0.2) is 12.5 Å². The molecule has 0 saturated heterocycles. The molecule has 0 bridgehead atoms. The fourth-order valence-corrected chi connectivity index (χ4v) is 1.86. The van der Waals surface area contributed by atoms with Gasteiger partial charge in [-0.15, -0.1) is 0 Å². The fourth-order valence-electron chi connectivity index (χ4n) is 1.86. The number of methoxy groups -OCH3 is 1. The van der Waals surface area contributed by atoms with Gasteiger partial charge in [-0.3, -0.25) is 10.5 Å². The number of rotatable bonds is 10. The van der Waals surface area contributed by atoms with Crippen LogP contribution in [0.25, 0.3) is 0 Å². The van der Waals surface area contributed by atoms with Crippen LogP contribution in [0.3, 0.4) is 0 Å². The van der Waals surface area contributed by atoms with Crippen molar-refractivity contribution in [3.05, 3.63) is 54.1 Å². The van der Waals surface area contributed by atoms with Gasteiger partial charge in [0.05, 0.1) is 0 Å². The maximum atomic E-state index is 8.59. The molecule has 2 aromatic rings. The van der Waals surface area contributed by atoms with E-state index in [9.17, 15) is 0 Å². The molecule has 2 aromatic carbocycles. The molecule has 128 valence electrons.